The Kier molecular flexibility index (Phi) is 4.04. The molecule has 22 heavy (non-hydrogen) atoms. The highest BCUT2D eigenvalue weighted by Gasteiger charge is 2.25. The maximum Gasteiger partial charge on any atom is 0.102 e. The molecule has 1 aromatic carbocycles. The third-order valence-corrected chi connectivity index (χ3v) is 5.25. The molecule has 0 radical (unpaired) electrons. The molecule has 2 heterocycles. The van der Waals surface area contributed by atoms with Crippen LogP contribution in [0.2, 0.25) is 0 Å². The van der Waals surface area contributed by atoms with Crippen LogP contribution in [-0.4, -0.2) is 21.4 Å². The number of nitrogens with one attached hydrogen (secondary N) is 1. The molecule has 0 aliphatic carbocycles. The molecular weight excluding hydrogens is 294 g/mol. The van der Waals surface area contributed by atoms with E-state index in [0.717, 1.165) is 5.56 Å². The summed E-state index contributed by atoms with van der Waals surface area (Å²) in [5.41, 5.74) is -0.106. The van der Waals surface area contributed by atoms with Crippen LogP contribution in [0.25, 0.3) is 10.1 Å². The average molecular weight is 315 g/mol. The fraction of sp³-hybridized carbons (Fsp3) is 0.353. The molecule has 2 N–H and O–H groups in total. The Balaban J connectivity index is 1.70. The van der Waals surface area contributed by atoms with Crippen molar-refractivity contribution in [1.29, 1.82) is 0 Å². The van der Waals surface area contributed by atoms with Crippen molar-refractivity contribution in [1.82, 2.24) is 15.1 Å². The average Bonchev–Trinajstić information content (AvgIpc) is 3.11. The van der Waals surface area contributed by atoms with Crippen LogP contribution in [0, 0.1) is 0 Å². The second kappa shape index (κ2) is 5.83. The minimum atomic E-state index is -0.931. The minimum Gasteiger partial charge on any atom is -0.384 e. The summed E-state index contributed by atoms with van der Waals surface area (Å²) in [6.07, 6.45) is 3.57. The predicted octanol–water partition coefficient (Wildman–Crippen LogP) is 3.19. The van der Waals surface area contributed by atoms with Gasteiger partial charge in [-0.2, -0.15) is 5.10 Å². The van der Waals surface area contributed by atoms with Crippen LogP contribution in [0.4, 0.5) is 0 Å². The summed E-state index contributed by atoms with van der Waals surface area (Å²) in [5, 5.41) is 19.5. The molecule has 116 valence electrons. The van der Waals surface area contributed by atoms with E-state index in [4.69, 9.17) is 0 Å². The van der Waals surface area contributed by atoms with Gasteiger partial charge in [-0.15, -0.1) is 11.3 Å². The maximum absolute atomic E-state index is 10.6. The van der Waals surface area contributed by atoms with Crippen molar-refractivity contribution in [2.24, 2.45) is 7.05 Å². The molecule has 3 rings (SSSR count). The van der Waals surface area contributed by atoms with Gasteiger partial charge in [0.15, 0.2) is 0 Å². The number of benzene rings is 1. The van der Waals surface area contributed by atoms with Crippen LogP contribution in [0.3, 0.4) is 0 Å². The van der Waals surface area contributed by atoms with E-state index in [2.05, 4.69) is 47.7 Å². The van der Waals surface area contributed by atoms with E-state index in [0.29, 0.717) is 6.54 Å². The maximum atomic E-state index is 10.6. The van der Waals surface area contributed by atoms with Crippen molar-refractivity contribution < 1.29 is 5.11 Å². The Labute approximate surface area is 134 Å². The van der Waals surface area contributed by atoms with Crippen LogP contribution in [0.1, 0.15) is 30.3 Å². The van der Waals surface area contributed by atoms with E-state index < -0.39 is 5.60 Å². The van der Waals surface area contributed by atoms with Crippen molar-refractivity contribution in [3.05, 3.63) is 53.2 Å². The van der Waals surface area contributed by atoms with Gasteiger partial charge in [-0.1, -0.05) is 18.2 Å². The largest absolute Gasteiger partial charge is 0.384 e. The molecule has 0 aliphatic rings. The van der Waals surface area contributed by atoms with Crippen LogP contribution >= 0.6 is 11.3 Å². The molecule has 5 heteroatoms. The zero-order valence-corrected chi connectivity index (χ0v) is 13.9. The molecule has 0 bridgehead atoms. The van der Waals surface area contributed by atoms with E-state index in [9.17, 15) is 5.11 Å². The Morgan fingerprint density at radius 1 is 1.41 bits per heavy atom. The highest BCUT2D eigenvalue weighted by Crippen LogP contribution is 2.30. The number of thiophene rings is 1. The van der Waals surface area contributed by atoms with Gasteiger partial charge in [-0.05, 0) is 31.4 Å². The summed E-state index contributed by atoms with van der Waals surface area (Å²) in [5.74, 6) is 0. The normalized spacial score (nSPS) is 15.8. The van der Waals surface area contributed by atoms with Crippen LogP contribution in [-0.2, 0) is 12.6 Å². The van der Waals surface area contributed by atoms with Gasteiger partial charge in [-0.3, -0.25) is 4.68 Å². The van der Waals surface area contributed by atoms with E-state index in [1.54, 1.807) is 22.2 Å². The molecule has 0 aliphatic heterocycles. The predicted molar refractivity (Wildman–Crippen MR) is 91.0 cm³/mol. The number of aryl methyl sites for hydroxylation is 1. The second-order valence-electron chi connectivity index (χ2n) is 5.97. The fourth-order valence-electron chi connectivity index (χ4n) is 2.47. The summed E-state index contributed by atoms with van der Waals surface area (Å²) >= 11 is 1.80. The number of hydrogen-bond acceptors (Lipinski definition) is 4. The quantitative estimate of drug-likeness (QED) is 0.760. The number of aliphatic hydroxyl groups is 1. The number of fused-ring (bicyclic) bond motifs is 1. The first-order valence-electron chi connectivity index (χ1n) is 7.39. The van der Waals surface area contributed by atoms with Gasteiger partial charge < -0.3 is 10.4 Å². The van der Waals surface area contributed by atoms with Crippen LogP contribution in [0.5, 0.6) is 0 Å². The first-order valence-corrected chi connectivity index (χ1v) is 8.21. The first-order chi connectivity index (χ1) is 10.5. The SMILES string of the molecule is C[C@@H](NC[C@@](C)(O)c1cnn(C)c1)c1cc2ccccc2s1. The number of nitrogens with zero attached hydrogens (tertiary/aromatic N) is 2. The van der Waals surface area contributed by atoms with Crippen molar-refractivity contribution in [3.8, 4) is 0 Å². The van der Waals surface area contributed by atoms with Crippen LogP contribution in [0.15, 0.2) is 42.7 Å². The molecule has 0 fully saturated rings. The summed E-state index contributed by atoms with van der Waals surface area (Å²) in [4.78, 5) is 1.28. The van der Waals surface area contributed by atoms with Crippen LogP contribution < -0.4 is 5.32 Å². The van der Waals surface area contributed by atoms with Crippen molar-refractivity contribution >= 4 is 21.4 Å². The van der Waals surface area contributed by atoms with Gasteiger partial charge in [0.05, 0.1) is 6.20 Å². The molecule has 4 nitrogen and oxygen atoms in total. The molecule has 3 aromatic rings. The van der Waals surface area contributed by atoms with E-state index in [1.807, 2.05) is 20.2 Å². The van der Waals surface area contributed by atoms with Crippen molar-refractivity contribution in [3.63, 3.8) is 0 Å². The molecular formula is C17H21N3OS. The summed E-state index contributed by atoms with van der Waals surface area (Å²) in [6, 6.07) is 10.8. The summed E-state index contributed by atoms with van der Waals surface area (Å²) < 4.78 is 3.00. The summed E-state index contributed by atoms with van der Waals surface area (Å²) in [6.45, 7) is 4.42. The van der Waals surface area contributed by atoms with Gasteiger partial charge in [0, 0.05) is 41.0 Å². The molecule has 0 spiro atoms. The molecule has 0 amide bonds. The zero-order valence-electron chi connectivity index (χ0n) is 13.1. The third kappa shape index (κ3) is 3.06. The van der Waals surface area contributed by atoms with Gasteiger partial charge in [-0.25, -0.2) is 0 Å². The Bertz CT molecular complexity index is 742. The van der Waals surface area contributed by atoms with Gasteiger partial charge in [0.1, 0.15) is 5.60 Å². The monoisotopic (exact) mass is 315 g/mol. The second-order valence-corrected chi connectivity index (χ2v) is 7.08. The Morgan fingerprint density at radius 2 is 2.18 bits per heavy atom. The zero-order chi connectivity index (χ0) is 15.7. The lowest BCUT2D eigenvalue weighted by Gasteiger charge is -2.24. The smallest absolute Gasteiger partial charge is 0.102 e. The number of aromatic nitrogens is 2. The molecule has 2 aromatic heterocycles. The molecule has 2 atom stereocenters. The topological polar surface area (TPSA) is 50.1 Å². The van der Waals surface area contributed by atoms with Crippen molar-refractivity contribution in [2.45, 2.75) is 25.5 Å². The molecule has 0 saturated heterocycles. The third-order valence-electron chi connectivity index (χ3n) is 3.95. The lowest BCUT2D eigenvalue weighted by molar-refractivity contribution is 0.0544. The van der Waals surface area contributed by atoms with E-state index in [-0.39, 0.29) is 6.04 Å². The Hall–Kier alpha value is -1.69. The number of hydrogen-bond donors (Lipinski definition) is 2. The van der Waals surface area contributed by atoms with Gasteiger partial charge in [0.2, 0.25) is 0 Å². The lowest BCUT2D eigenvalue weighted by atomic mass is 9.99. The highest BCUT2D eigenvalue weighted by atomic mass is 32.1. The van der Waals surface area contributed by atoms with Gasteiger partial charge >= 0.3 is 0 Å². The van der Waals surface area contributed by atoms with E-state index >= 15 is 0 Å². The fourth-order valence-corrected chi connectivity index (χ4v) is 3.56. The standard InChI is InChI=1S/C17H21N3OS/c1-12(16-8-13-6-4-5-7-15(13)22-16)18-11-17(2,21)14-9-19-20(3)10-14/h4-10,12,18,21H,11H2,1-3H3/t12-,17-/m1/s1. The van der Waals surface area contributed by atoms with Gasteiger partial charge in [0.25, 0.3) is 0 Å². The lowest BCUT2D eigenvalue weighted by Crippen LogP contribution is -2.36. The minimum absolute atomic E-state index is 0.195. The van der Waals surface area contributed by atoms with Crippen molar-refractivity contribution in [2.75, 3.05) is 6.54 Å². The highest BCUT2D eigenvalue weighted by molar-refractivity contribution is 7.19. The summed E-state index contributed by atoms with van der Waals surface area (Å²) in [7, 11) is 1.85. The number of rotatable bonds is 5. The Morgan fingerprint density at radius 3 is 2.86 bits per heavy atom. The molecule has 0 saturated carbocycles. The molecule has 0 unspecified atom stereocenters. The van der Waals surface area contributed by atoms with E-state index in [1.165, 1.54) is 15.0 Å². The first kappa shape index (κ1) is 15.2.